The second-order valence-corrected chi connectivity index (χ2v) is 9.26. The number of aromatic nitrogens is 1. The minimum Gasteiger partial charge on any atom is -0.366 e. The largest absolute Gasteiger partial charge is 0.366 e. The van der Waals surface area contributed by atoms with Gasteiger partial charge in [0.25, 0.3) is 0 Å². The summed E-state index contributed by atoms with van der Waals surface area (Å²) in [4.78, 5) is 31.4. The average Bonchev–Trinajstić information content (AvgIpc) is 2.68. The maximum atomic E-state index is 12.9. The number of hydrogen-bond acceptors (Lipinski definition) is 4. The van der Waals surface area contributed by atoms with Gasteiger partial charge in [0.05, 0.1) is 11.6 Å². The van der Waals surface area contributed by atoms with E-state index in [0.717, 1.165) is 35.0 Å². The van der Waals surface area contributed by atoms with Crippen LogP contribution in [-0.4, -0.2) is 22.3 Å². The zero-order chi connectivity index (χ0) is 21.2. The summed E-state index contributed by atoms with van der Waals surface area (Å²) in [5.41, 5.74) is 8.81. The molecule has 30 heavy (non-hydrogen) atoms. The van der Waals surface area contributed by atoms with Crippen LogP contribution in [0, 0.1) is 24.7 Å². The minimum atomic E-state index is -0.463. The molecule has 0 saturated heterocycles. The molecule has 156 valence electrons. The van der Waals surface area contributed by atoms with Gasteiger partial charge >= 0.3 is 0 Å². The van der Waals surface area contributed by atoms with Gasteiger partial charge in [-0.3, -0.25) is 9.59 Å². The lowest BCUT2D eigenvalue weighted by atomic mass is 9.43. The van der Waals surface area contributed by atoms with Crippen LogP contribution in [-0.2, 0) is 4.79 Å². The summed E-state index contributed by atoms with van der Waals surface area (Å²) in [6.07, 6.45) is 5.27. The van der Waals surface area contributed by atoms with E-state index in [2.05, 4.69) is 17.2 Å². The average molecular weight is 405 g/mol. The lowest BCUT2D eigenvalue weighted by Gasteiger charge is -2.70. The number of benzene rings is 1. The Morgan fingerprint density at radius 2 is 2.03 bits per heavy atom. The smallest absolute Gasteiger partial charge is 0.248 e. The molecule has 5 rings (SSSR count). The number of anilines is 2. The Hall–Kier alpha value is -2.89. The summed E-state index contributed by atoms with van der Waals surface area (Å²) in [6.45, 7) is 5.93. The number of rotatable bonds is 3. The number of nitrogens with one attached hydrogen (secondary N) is 1. The normalized spacial score (nSPS) is 31.2. The first-order valence-corrected chi connectivity index (χ1v) is 10.8. The van der Waals surface area contributed by atoms with Crippen LogP contribution in [0.1, 0.15) is 60.6 Å². The molecule has 6 nitrogen and oxygen atoms in total. The molecule has 3 aliphatic rings. The van der Waals surface area contributed by atoms with Gasteiger partial charge in [0.2, 0.25) is 11.8 Å². The van der Waals surface area contributed by atoms with Crippen molar-refractivity contribution in [2.24, 2.45) is 23.5 Å². The summed E-state index contributed by atoms with van der Waals surface area (Å²) in [5.74, 6) is 1.83. The summed E-state index contributed by atoms with van der Waals surface area (Å²) in [6, 6.07) is 9.42. The van der Waals surface area contributed by atoms with Crippen LogP contribution in [0.4, 0.5) is 11.5 Å². The van der Waals surface area contributed by atoms with Crippen LogP contribution in [0.2, 0.25) is 0 Å². The van der Waals surface area contributed by atoms with E-state index in [1.54, 1.807) is 19.2 Å². The Morgan fingerprint density at radius 1 is 1.23 bits per heavy atom. The quantitative estimate of drug-likeness (QED) is 0.814. The van der Waals surface area contributed by atoms with E-state index in [4.69, 9.17) is 5.73 Å². The van der Waals surface area contributed by atoms with E-state index in [9.17, 15) is 9.59 Å². The molecule has 0 bridgehead atoms. The molecular weight excluding hydrogens is 376 g/mol. The Kier molecular flexibility index (Phi) is 4.17. The molecule has 2 aromatic rings. The molecular formula is C24H28N4O2. The predicted octanol–water partition coefficient (Wildman–Crippen LogP) is 3.81. The van der Waals surface area contributed by atoms with E-state index >= 15 is 0 Å². The predicted molar refractivity (Wildman–Crippen MR) is 116 cm³/mol. The van der Waals surface area contributed by atoms with Gasteiger partial charge < -0.3 is 16.0 Å². The fraction of sp³-hybridized carbons (Fsp3) is 0.458. The number of primary amides is 1. The topological polar surface area (TPSA) is 88.3 Å². The van der Waals surface area contributed by atoms with Crippen molar-refractivity contribution >= 4 is 23.3 Å². The van der Waals surface area contributed by atoms with Crippen molar-refractivity contribution in [1.29, 1.82) is 0 Å². The first-order chi connectivity index (χ1) is 14.3. The van der Waals surface area contributed by atoms with Gasteiger partial charge in [0, 0.05) is 30.3 Å². The number of carbonyl (C=O) groups is 2. The number of nitrogens with two attached hydrogens (primary N) is 1. The van der Waals surface area contributed by atoms with Crippen molar-refractivity contribution in [3.8, 4) is 0 Å². The van der Waals surface area contributed by atoms with Gasteiger partial charge in [-0.15, -0.1) is 0 Å². The summed E-state index contributed by atoms with van der Waals surface area (Å²) < 4.78 is 0. The second kappa shape index (κ2) is 6.56. The van der Waals surface area contributed by atoms with Gasteiger partial charge in [0.15, 0.2) is 0 Å². The van der Waals surface area contributed by atoms with Crippen molar-refractivity contribution in [1.82, 2.24) is 4.98 Å². The lowest BCUT2D eigenvalue weighted by Crippen LogP contribution is -2.74. The Labute approximate surface area is 176 Å². The van der Waals surface area contributed by atoms with E-state index < -0.39 is 5.91 Å². The Bertz CT molecular complexity index is 1050. The zero-order valence-electron chi connectivity index (χ0n) is 17.7. The van der Waals surface area contributed by atoms with Gasteiger partial charge in [-0.05, 0) is 79.5 Å². The van der Waals surface area contributed by atoms with Gasteiger partial charge in [-0.2, -0.15) is 0 Å². The van der Waals surface area contributed by atoms with E-state index in [1.807, 2.05) is 36.1 Å². The maximum absolute atomic E-state index is 12.9. The molecule has 2 aliphatic carbocycles. The van der Waals surface area contributed by atoms with Crippen LogP contribution in [0.25, 0.3) is 0 Å². The third kappa shape index (κ3) is 2.52. The van der Waals surface area contributed by atoms with Gasteiger partial charge in [-0.25, -0.2) is 4.98 Å². The Morgan fingerprint density at radius 3 is 2.60 bits per heavy atom. The number of carbonyl (C=O) groups excluding carboxylic acids is 2. The van der Waals surface area contributed by atoms with Crippen LogP contribution >= 0.6 is 0 Å². The van der Waals surface area contributed by atoms with E-state index in [0.29, 0.717) is 11.5 Å². The molecule has 3 N–H and O–H groups in total. The molecule has 5 atom stereocenters. The second-order valence-electron chi connectivity index (χ2n) is 9.26. The molecule has 1 spiro atoms. The maximum Gasteiger partial charge on any atom is 0.248 e. The third-order valence-electron chi connectivity index (χ3n) is 7.78. The van der Waals surface area contributed by atoms with Crippen molar-refractivity contribution in [2.45, 2.75) is 51.6 Å². The molecule has 6 heteroatoms. The molecule has 0 radical (unpaired) electrons. The number of hydrogen-bond donors (Lipinski definition) is 2. The molecule has 2 amide bonds. The highest BCUT2D eigenvalue weighted by atomic mass is 16.2. The standard InChI is InChI=1S/C24H28N4O2/c1-13-8-9-26-21(10-13)27-22-14(2)24(12-17-4-6-19(17)24)28(15(3)29)20-7-5-16(23(25)30)11-18(20)22/h5,7-11,14,17,19,22H,4,6,12H2,1-3H3,(H2,25,30)(H,26,27)/t14-,17?,19?,22?,24?/m1/s1. The van der Waals surface area contributed by atoms with E-state index in [1.165, 1.54) is 12.8 Å². The fourth-order valence-electron chi connectivity index (χ4n) is 6.25. The number of pyridine rings is 1. The number of amides is 2. The van der Waals surface area contributed by atoms with Crippen LogP contribution < -0.4 is 16.0 Å². The summed E-state index contributed by atoms with van der Waals surface area (Å²) >= 11 is 0. The van der Waals surface area contributed by atoms with Crippen molar-refractivity contribution in [2.75, 3.05) is 10.2 Å². The van der Waals surface area contributed by atoms with Gasteiger partial charge in [0.1, 0.15) is 5.82 Å². The van der Waals surface area contributed by atoms with Crippen LogP contribution in [0.15, 0.2) is 36.5 Å². The van der Waals surface area contributed by atoms with Gasteiger partial charge in [-0.1, -0.05) is 6.92 Å². The molecule has 2 heterocycles. The number of aryl methyl sites for hydroxylation is 1. The summed E-state index contributed by atoms with van der Waals surface area (Å²) in [5, 5.41) is 3.63. The van der Waals surface area contributed by atoms with Crippen molar-refractivity contribution < 1.29 is 9.59 Å². The molecule has 4 unspecified atom stereocenters. The third-order valence-corrected chi connectivity index (χ3v) is 7.78. The molecule has 2 fully saturated rings. The zero-order valence-corrected chi connectivity index (χ0v) is 17.7. The highest BCUT2D eigenvalue weighted by molar-refractivity contribution is 5.98. The monoisotopic (exact) mass is 404 g/mol. The molecule has 2 saturated carbocycles. The molecule has 1 aliphatic heterocycles. The fourth-order valence-corrected chi connectivity index (χ4v) is 6.25. The lowest BCUT2D eigenvalue weighted by molar-refractivity contribution is -0.131. The van der Waals surface area contributed by atoms with Crippen molar-refractivity contribution in [3.63, 3.8) is 0 Å². The Balaban J connectivity index is 1.67. The first kappa shape index (κ1) is 19.1. The number of nitrogens with zero attached hydrogens (tertiary/aromatic N) is 2. The number of fused-ring (bicyclic) bond motifs is 3. The van der Waals surface area contributed by atoms with Crippen LogP contribution in [0.5, 0.6) is 0 Å². The summed E-state index contributed by atoms with van der Waals surface area (Å²) in [7, 11) is 0. The highest BCUT2D eigenvalue weighted by Gasteiger charge is 2.67. The highest BCUT2D eigenvalue weighted by Crippen LogP contribution is 2.66. The van der Waals surface area contributed by atoms with Crippen LogP contribution in [0.3, 0.4) is 0 Å². The molecule has 1 aromatic heterocycles. The first-order valence-electron chi connectivity index (χ1n) is 10.8. The SMILES string of the molecule is CC(=O)N1c2ccc(C(N)=O)cc2C(Nc2cc(C)ccn2)[C@@H](C)C12CC1CCC12. The van der Waals surface area contributed by atoms with Crippen molar-refractivity contribution in [3.05, 3.63) is 53.2 Å². The minimum absolute atomic E-state index is 0.0624. The van der Waals surface area contributed by atoms with E-state index in [-0.39, 0.29) is 23.4 Å². The molecule has 1 aromatic carbocycles.